The number of thiazole rings is 1. The molecule has 7 nitrogen and oxygen atoms in total. The highest BCUT2D eigenvalue weighted by atomic mass is 32.1. The number of piperidine rings is 1. The largest absolute Gasteiger partial charge is 0.492 e. The summed E-state index contributed by atoms with van der Waals surface area (Å²) in [6.07, 6.45) is -4.31. The number of ether oxygens (including phenoxy) is 1. The molecule has 1 amide bonds. The fourth-order valence-electron chi connectivity index (χ4n) is 3.29. The van der Waals surface area contributed by atoms with E-state index in [0.717, 1.165) is 10.1 Å². The molecular weight excluding hydrogens is 399 g/mol. The van der Waals surface area contributed by atoms with Crippen LogP contribution in [0.3, 0.4) is 0 Å². The Morgan fingerprint density at radius 1 is 1.29 bits per heavy atom. The van der Waals surface area contributed by atoms with Gasteiger partial charge >= 0.3 is 12.1 Å². The van der Waals surface area contributed by atoms with Crippen molar-refractivity contribution in [3.63, 3.8) is 0 Å². The van der Waals surface area contributed by atoms with Gasteiger partial charge in [-0.25, -0.2) is 9.78 Å². The van der Waals surface area contributed by atoms with E-state index in [9.17, 15) is 22.8 Å². The van der Waals surface area contributed by atoms with Crippen LogP contribution in [0.1, 0.15) is 48.1 Å². The lowest BCUT2D eigenvalue weighted by atomic mass is 9.90. The molecule has 0 atom stereocenters. The van der Waals surface area contributed by atoms with Crippen molar-refractivity contribution in [3.05, 3.63) is 16.1 Å². The maximum absolute atomic E-state index is 12.8. The first kappa shape index (κ1) is 21.0. The summed E-state index contributed by atoms with van der Waals surface area (Å²) in [6, 6.07) is 0. The zero-order chi connectivity index (χ0) is 20.5. The number of hydrogen-bond acceptors (Lipinski definition) is 7. The molecule has 0 N–H and O–H groups in total. The van der Waals surface area contributed by atoms with E-state index in [1.165, 1.54) is 11.3 Å². The maximum atomic E-state index is 12.8. The van der Waals surface area contributed by atoms with Crippen LogP contribution in [0.5, 0.6) is 0 Å². The minimum absolute atomic E-state index is 0.109. The lowest BCUT2D eigenvalue weighted by Gasteiger charge is -2.46. The minimum Gasteiger partial charge on any atom is -0.371 e. The van der Waals surface area contributed by atoms with Gasteiger partial charge in [-0.05, 0) is 12.8 Å². The first-order valence-corrected chi connectivity index (χ1v) is 9.90. The van der Waals surface area contributed by atoms with Gasteiger partial charge in [-0.2, -0.15) is 13.2 Å². The van der Waals surface area contributed by atoms with Gasteiger partial charge in [0.1, 0.15) is 5.69 Å². The van der Waals surface area contributed by atoms with E-state index in [4.69, 9.17) is 4.74 Å². The van der Waals surface area contributed by atoms with E-state index < -0.39 is 17.7 Å². The Morgan fingerprint density at radius 2 is 1.96 bits per heavy atom. The molecule has 0 radical (unpaired) electrons. The van der Waals surface area contributed by atoms with Crippen LogP contribution >= 0.6 is 11.3 Å². The second-order valence-corrected chi connectivity index (χ2v) is 8.18. The predicted molar refractivity (Wildman–Crippen MR) is 93.7 cm³/mol. The molecule has 0 aromatic carbocycles. The Labute approximate surface area is 164 Å². The number of alkyl halides is 3. The van der Waals surface area contributed by atoms with Crippen molar-refractivity contribution in [1.82, 2.24) is 14.9 Å². The smallest absolute Gasteiger partial charge is 0.371 e. The number of halogens is 3. The Morgan fingerprint density at radius 3 is 2.54 bits per heavy atom. The lowest BCUT2D eigenvalue weighted by molar-refractivity contribution is -0.250. The van der Waals surface area contributed by atoms with Gasteiger partial charge in [-0.3, -0.25) is 4.79 Å². The second-order valence-electron chi connectivity index (χ2n) is 7.29. The average molecular weight is 421 g/mol. The third-order valence-electron chi connectivity index (χ3n) is 4.85. The van der Waals surface area contributed by atoms with Crippen LogP contribution < -0.4 is 0 Å². The molecule has 0 aliphatic carbocycles. The van der Waals surface area contributed by atoms with Crippen molar-refractivity contribution in [3.8, 4) is 0 Å². The van der Waals surface area contributed by atoms with Gasteiger partial charge in [0.05, 0.1) is 23.8 Å². The van der Waals surface area contributed by atoms with E-state index in [-0.39, 0.29) is 24.9 Å². The van der Waals surface area contributed by atoms with Crippen molar-refractivity contribution in [2.24, 2.45) is 0 Å². The Bertz CT molecular complexity index is 729. The van der Waals surface area contributed by atoms with Crippen LogP contribution in [-0.2, 0) is 14.4 Å². The van der Waals surface area contributed by atoms with Crippen LogP contribution in [0.25, 0.3) is 0 Å². The van der Waals surface area contributed by atoms with Crippen LogP contribution in [0, 0.1) is 0 Å². The monoisotopic (exact) mass is 421 g/mol. The summed E-state index contributed by atoms with van der Waals surface area (Å²) in [4.78, 5) is 34.2. The van der Waals surface area contributed by atoms with Gasteiger partial charge < -0.3 is 14.5 Å². The first-order chi connectivity index (χ1) is 13.1. The highest BCUT2D eigenvalue weighted by Gasteiger charge is 2.46. The fraction of sp³-hybridized carbons (Fsp3) is 0.706. The molecule has 3 heterocycles. The van der Waals surface area contributed by atoms with E-state index in [0.29, 0.717) is 38.2 Å². The molecule has 0 bridgehead atoms. The quantitative estimate of drug-likeness (QED) is 0.747. The highest BCUT2D eigenvalue weighted by Crippen LogP contribution is 2.32. The molecule has 156 valence electrons. The average Bonchev–Trinajstić information content (AvgIpc) is 3.13. The summed E-state index contributed by atoms with van der Waals surface area (Å²) >= 11 is 1.45. The molecule has 2 aliphatic heterocycles. The predicted octanol–water partition coefficient (Wildman–Crippen LogP) is 2.59. The van der Waals surface area contributed by atoms with Gasteiger partial charge in [0, 0.05) is 30.9 Å². The Hall–Kier alpha value is -1.72. The summed E-state index contributed by atoms with van der Waals surface area (Å²) in [7, 11) is 0. The number of carbonyl (C=O) groups excluding carboxylic acids is 2. The summed E-state index contributed by atoms with van der Waals surface area (Å²) in [6.45, 7) is 5.35. The SMILES string of the molecule is CC(C)c1nc(C(=O)N2CCOC3(CCN(OC(=O)C(F)(F)F)CC3)C2)cs1. The molecule has 1 aromatic heterocycles. The van der Waals surface area contributed by atoms with Crippen LogP contribution in [0.2, 0.25) is 0 Å². The molecule has 2 saturated heterocycles. The van der Waals surface area contributed by atoms with Gasteiger partial charge in [-0.15, -0.1) is 16.4 Å². The standard InChI is InChI=1S/C17H22F3N3O4S/c1-11(2)13-21-12(9-28-13)14(24)22-7-8-26-16(10-22)3-5-23(6-4-16)27-15(25)17(18,19)20/h9,11H,3-8,10H2,1-2H3. The molecule has 1 spiro atoms. The third kappa shape index (κ3) is 4.64. The molecule has 2 aliphatic rings. The number of carbonyl (C=O) groups is 2. The molecular formula is C17H22F3N3O4S. The second kappa shape index (κ2) is 7.96. The van der Waals surface area contributed by atoms with E-state index in [1.54, 1.807) is 10.3 Å². The van der Waals surface area contributed by atoms with Gasteiger partial charge in [0.2, 0.25) is 0 Å². The molecule has 0 unspecified atom stereocenters. The number of rotatable bonds is 3. The fourth-order valence-corrected chi connectivity index (χ4v) is 4.10. The number of nitrogens with zero attached hydrogens (tertiary/aromatic N) is 3. The van der Waals surface area contributed by atoms with Crippen LogP contribution in [-0.4, -0.2) is 71.4 Å². The highest BCUT2D eigenvalue weighted by molar-refractivity contribution is 7.09. The maximum Gasteiger partial charge on any atom is 0.492 e. The molecule has 0 saturated carbocycles. The molecule has 28 heavy (non-hydrogen) atoms. The number of hydroxylamine groups is 2. The number of amides is 1. The van der Waals surface area contributed by atoms with Crippen LogP contribution in [0.15, 0.2) is 5.38 Å². The zero-order valence-electron chi connectivity index (χ0n) is 15.6. The summed E-state index contributed by atoms with van der Waals surface area (Å²) in [5, 5.41) is 3.64. The number of hydrogen-bond donors (Lipinski definition) is 0. The summed E-state index contributed by atoms with van der Waals surface area (Å²) in [5.74, 6) is -2.16. The van der Waals surface area contributed by atoms with Crippen molar-refractivity contribution in [1.29, 1.82) is 0 Å². The van der Waals surface area contributed by atoms with E-state index in [1.807, 2.05) is 13.8 Å². The zero-order valence-corrected chi connectivity index (χ0v) is 16.4. The van der Waals surface area contributed by atoms with Gasteiger partial charge in [0.25, 0.3) is 5.91 Å². The van der Waals surface area contributed by atoms with Crippen molar-refractivity contribution >= 4 is 23.2 Å². The normalized spacial score (nSPS) is 20.6. The topological polar surface area (TPSA) is 72.0 Å². The Balaban J connectivity index is 1.59. The number of morpholine rings is 1. The lowest BCUT2D eigenvalue weighted by Crippen LogP contribution is -2.58. The van der Waals surface area contributed by atoms with Crippen molar-refractivity contribution in [2.75, 3.05) is 32.8 Å². The third-order valence-corrected chi connectivity index (χ3v) is 5.99. The van der Waals surface area contributed by atoms with Gasteiger partial charge in [0.15, 0.2) is 0 Å². The van der Waals surface area contributed by atoms with E-state index in [2.05, 4.69) is 9.82 Å². The van der Waals surface area contributed by atoms with Crippen LogP contribution in [0.4, 0.5) is 13.2 Å². The number of aromatic nitrogens is 1. The Kier molecular flexibility index (Phi) is 5.97. The first-order valence-electron chi connectivity index (χ1n) is 9.02. The van der Waals surface area contributed by atoms with Gasteiger partial charge in [-0.1, -0.05) is 13.8 Å². The van der Waals surface area contributed by atoms with Crippen molar-refractivity contribution < 1.29 is 32.3 Å². The molecule has 3 rings (SSSR count). The molecule has 11 heteroatoms. The summed E-state index contributed by atoms with van der Waals surface area (Å²) < 4.78 is 42.9. The summed E-state index contributed by atoms with van der Waals surface area (Å²) in [5.41, 5.74) is -0.242. The molecule has 2 fully saturated rings. The molecule has 1 aromatic rings. The van der Waals surface area contributed by atoms with E-state index >= 15 is 0 Å². The van der Waals surface area contributed by atoms with Crippen molar-refractivity contribution in [2.45, 2.75) is 44.4 Å². The minimum atomic E-state index is -5.03.